The van der Waals surface area contributed by atoms with Crippen LogP contribution in [0.2, 0.25) is 0 Å². The van der Waals surface area contributed by atoms with Gasteiger partial charge in [-0.05, 0) is 30.7 Å². The van der Waals surface area contributed by atoms with E-state index >= 15 is 0 Å². The number of aryl methyl sites for hydroxylation is 1. The first kappa shape index (κ1) is 17.7. The molecule has 0 bridgehead atoms. The Morgan fingerprint density at radius 1 is 1.16 bits per heavy atom. The minimum Gasteiger partial charge on any atom is -0.484 e. The van der Waals surface area contributed by atoms with Crippen LogP contribution < -0.4 is 15.4 Å². The first-order chi connectivity index (χ1) is 8.76. The number of halogens is 1. The monoisotopic (exact) mass is 286 g/mol. The van der Waals surface area contributed by atoms with Crippen LogP contribution in [-0.2, 0) is 11.2 Å². The molecule has 0 unspecified atom stereocenters. The van der Waals surface area contributed by atoms with Gasteiger partial charge in [-0.3, -0.25) is 4.79 Å². The lowest BCUT2D eigenvalue weighted by Gasteiger charge is -2.08. The summed E-state index contributed by atoms with van der Waals surface area (Å²) in [5.41, 5.74) is 1.26. The van der Waals surface area contributed by atoms with E-state index < -0.39 is 0 Å². The maximum absolute atomic E-state index is 11.4. The van der Waals surface area contributed by atoms with Crippen LogP contribution in [0.5, 0.6) is 5.75 Å². The highest BCUT2D eigenvalue weighted by molar-refractivity contribution is 5.85. The van der Waals surface area contributed by atoms with E-state index in [1.807, 2.05) is 31.2 Å². The van der Waals surface area contributed by atoms with Crippen molar-refractivity contribution in [2.45, 2.75) is 20.3 Å². The summed E-state index contributed by atoms with van der Waals surface area (Å²) in [6, 6.07) is 7.81. The van der Waals surface area contributed by atoms with Gasteiger partial charge >= 0.3 is 0 Å². The molecule has 1 amide bonds. The Morgan fingerprint density at radius 2 is 1.84 bits per heavy atom. The number of benzene rings is 1. The number of amides is 1. The lowest BCUT2D eigenvalue weighted by molar-refractivity contribution is -0.123. The Kier molecular flexibility index (Phi) is 9.94. The van der Waals surface area contributed by atoms with E-state index in [4.69, 9.17) is 4.74 Å². The molecule has 0 saturated heterocycles. The molecule has 2 N–H and O–H groups in total. The van der Waals surface area contributed by atoms with Crippen LogP contribution in [0.25, 0.3) is 0 Å². The number of rotatable bonds is 8. The van der Waals surface area contributed by atoms with Gasteiger partial charge in [0.1, 0.15) is 5.75 Å². The van der Waals surface area contributed by atoms with Gasteiger partial charge in [0.25, 0.3) is 5.91 Å². The summed E-state index contributed by atoms with van der Waals surface area (Å²) in [6.07, 6.45) is 1.01. The van der Waals surface area contributed by atoms with Gasteiger partial charge < -0.3 is 15.4 Å². The summed E-state index contributed by atoms with van der Waals surface area (Å²) < 4.78 is 5.39. The Hall–Kier alpha value is -1.26. The van der Waals surface area contributed by atoms with Crippen LogP contribution in [0.3, 0.4) is 0 Å². The van der Waals surface area contributed by atoms with Crippen molar-refractivity contribution in [1.29, 1.82) is 0 Å². The SMILES string of the molecule is CCNCCNC(=O)COc1ccc(CC)cc1.Cl. The van der Waals surface area contributed by atoms with Crippen molar-refractivity contribution in [1.82, 2.24) is 10.6 Å². The largest absolute Gasteiger partial charge is 0.484 e. The molecule has 4 nitrogen and oxygen atoms in total. The van der Waals surface area contributed by atoms with Crippen molar-refractivity contribution in [3.63, 3.8) is 0 Å². The third-order valence-corrected chi connectivity index (χ3v) is 2.58. The highest BCUT2D eigenvalue weighted by Gasteiger charge is 2.01. The van der Waals surface area contributed by atoms with Crippen LogP contribution in [-0.4, -0.2) is 32.1 Å². The van der Waals surface area contributed by atoms with Crippen molar-refractivity contribution in [2.24, 2.45) is 0 Å². The summed E-state index contributed by atoms with van der Waals surface area (Å²) in [7, 11) is 0. The molecule has 1 aromatic carbocycles. The first-order valence-electron chi connectivity index (χ1n) is 6.45. The van der Waals surface area contributed by atoms with Gasteiger partial charge in [0.05, 0.1) is 0 Å². The molecule has 0 aliphatic heterocycles. The standard InChI is InChI=1S/C14H22N2O2.ClH/c1-3-12-5-7-13(8-6-12)18-11-14(17)16-10-9-15-4-2;/h5-8,15H,3-4,9-11H2,1-2H3,(H,16,17);1H. The molecule has 0 radical (unpaired) electrons. The minimum atomic E-state index is -0.0903. The molecule has 0 heterocycles. The van der Waals surface area contributed by atoms with E-state index in [9.17, 15) is 4.79 Å². The zero-order chi connectivity index (χ0) is 13.2. The van der Waals surface area contributed by atoms with Gasteiger partial charge in [-0.2, -0.15) is 0 Å². The maximum Gasteiger partial charge on any atom is 0.257 e. The number of hydrogen-bond donors (Lipinski definition) is 2. The molecule has 0 saturated carbocycles. The second-order valence-electron chi connectivity index (χ2n) is 3.99. The van der Waals surface area contributed by atoms with Crippen molar-refractivity contribution in [3.8, 4) is 5.75 Å². The van der Waals surface area contributed by atoms with Gasteiger partial charge in [-0.25, -0.2) is 0 Å². The normalized spacial score (nSPS) is 9.58. The molecule has 0 atom stereocenters. The number of likely N-dealkylation sites (N-methyl/N-ethyl adjacent to an activating group) is 1. The van der Waals surface area contributed by atoms with E-state index in [1.54, 1.807) is 0 Å². The average molecular weight is 287 g/mol. The van der Waals surface area contributed by atoms with Gasteiger partial charge in [0, 0.05) is 13.1 Å². The second kappa shape index (κ2) is 10.6. The molecular formula is C14H23ClN2O2. The van der Waals surface area contributed by atoms with Crippen molar-refractivity contribution in [3.05, 3.63) is 29.8 Å². The Balaban J connectivity index is 0.00000324. The molecule has 0 fully saturated rings. The lowest BCUT2D eigenvalue weighted by atomic mass is 10.2. The van der Waals surface area contributed by atoms with Crippen LogP contribution in [0.4, 0.5) is 0 Å². The summed E-state index contributed by atoms with van der Waals surface area (Å²) in [5, 5.41) is 5.92. The quantitative estimate of drug-likeness (QED) is 0.716. The Bertz CT molecular complexity index is 355. The van der Waals surface area contributed by atoms with Crippen LogP contribution in [0.15, 0.2) is 24.3 Å². The lowest BCUT2D eigenvalue weighted by Crippen LogP contribution is -2.34. The van der Waals surface area contributed by atoms with E-state index in [0.29, 0.717) is 6.54 Å². The molecule has 0 aromatic heterocycles. The maximum atomic E-state index is 11.4. The third kappa shape index (κ3) is 7.70. The zero-order valence-electron chi connectivity index (χ0n) is 11.6. The number of carbonyl (C=O) groups excluding carboxylic acids is 1. The predicted octanol–water partition coefficient (Wildman–Crippen LogP) is 1.78. The molecule has 0 aliphatic carbocycles. The fraction of sp³-hybridized carbons (Fsp3) is 0.500. The summed E-state index contributed by atoms with van der Waals surface area (Å²) in [5.74, 6) is 0.640. The number of nitrogens with one attached hydrogen (secondary N) is 2. The summed E-state index contributed by atoms with van der Waals surface area (Å²) in [6.45, 7) is 6.53. The van der Waals surface area contributed by atoms with Gasteiger partial charge in [-0.1, -0.05) is 26.0 Å². The second-order valence-corrected chi connectivity index (χ2v) is 3.99. The third-order valence-electron chi connectivity index (χ3n) is 2.58. The molecule has 0 spiro atoms. The highest BCUT2D eigenvalue weighted by atomic mass is 35.5. The zero-order valence-corrected chi connectivity index (χ0v) is 12.4. The van der Waals surface area contributed by atoms with E-state index in [-0.39, 0.29) is 24.9 Å². The fourth-order valence-electron chi connectivity index (χ4n) is 1.49. The number of hydrogen-bond acceptors (Lipinski definition) is 3. The summed E-state index contributed by atoms with van der Waals surface area (Å²) >= 11 is 0. The molecule has 1 rings (SSSR count). The molecule has 5 heteroatoms. The average Bonchev–Trinajstić information content (AvgIpc) is 2.42. The van der Waals surface area contributed by atoms with Gasteiger partial charge in [0.2, 0.25) is 0 Å². The van der Waals surface area contributed by atoms with Crippen molar-refractivity contribution in [2.75, 3.05) is 26.2 Å². The topological polar surface area (TPSA) is 50.4 Å². The minimum absolute atomic E-state index is 0. The molecule has 0 aliphatic rings. The van der Waals surface area contributed by atoms with Crippen molar-refractivity contribution < 1.29 is 9.53 Å². The molecule has 1 aromatic rings. The molecular weight excluding hydrogens is 264 g/mol. The van der Waals surface area contributed by atoms with Gasteiger partial charge in [-0.15, -0.1) is 12.4 Å². The fourth-order valence-corrected chi connectivity index (χ4v) is 1.49. The van der Waals surface area contributed by atoms with E-state index in [1.165, 1.54) is 5.56 Å². The predicted molar refractivity (Wildman–Crippen MR) is 80.1 cm³/mol. The molecule has 108 valence electrons. The van der Waals surface area contributed by atoms with Gasteiger partial charge in [0.15, 0.2) is 6.61 Å². The van der Waals surface area contributed by atoms with Crippen LogP contribution >= 0.6 is 12.4 Å². The smallest absolute Gasteiger partial charge is 0.257 e. The number of carbonyl (C=O) groups is 1. The summed E-state index contributed by atoms with van der Waals surface area (Å²) in [4.78, 5) is 11.4. The highest BCUT2D eigenvalue weighted by Crippen LogP contribution is 2.12. The van der Waals surface area contributed by atoms with Crippen LogP contribution in [0.1, 0.15) is 19.4 Å². The molecule has 19 heavy (non-hydrogen) atoms. The Labute approximate surface area is 121 Å². The van der Waals surface area contributed by atoms with Crippen molar-refractivity contribution >= 4 is 18.3 Å². The Morgan fingerprint density at radius 3 is 2.42 bits per heavy atom. The number of ether oxygens (including phenoxy) is 1. The van der Waals surface area contributed by atoms with Crippen LogP contribution in [0, 0.1) is 0 Å². The van der Waals surface area contributed by atoms with E-state index in [0.717, 1.165) is 25.3 Å². The van der Waals surface area contributed by atoms with E-state index in [2.05, 4.69) is 17.6 Å². The first-order valence-corrected chi connectivity index (χ1v) is 6.45.